The molecule has 2 amide bonds. The van der Waals surface area contributed by atoms with E-state index in [0.29, 0.717) is 30.1 Å². The van der Waals surface area contributed by atoms with Gasteiger partial charge in [-0.3, -0.25) is 23.9 Å². The smallest absolute Gasteiger partial charge is 0.330 e. The molecule has 0 radical (unpaired) electrons. The molecule has 11 heteroatoms. The van der Waals surface area contributed by atoms with Crippen LogP contribution in [0.2, 0.25) is 0 Å². The van der Waals surface area contributed by atoms with E-state index in [-0.39, 0.29) is 24.0 Å². The van der Waals surface area contributed by atoms with Crippen molar-refractivity contribution < 1.29 is 14.3 Å². The van der Waals surface area contributed by atoms with E-state index in [2.05, 4.69) is 15.6 Å². The first-order chi connectivity index (χ1) is 14.7. The number of anilines is 4. The lowest BCUT2D eigenvalue weighted by Gasteiger charge is -2.21. The second kappa shape index (κ2) is 10.3. The number of aromatic amines is 1. The summed E-state index contributed by atoms with van der Waals surface area (Å²) in [5.41, 5.74) is 5.69. The Labute approximate surface area is 179 Å². The number of H-pyrrole nitrogens is 1. The number of unbranched alkanes of at least 4 members (excludes halogenated alkanes) is 1. The summed E-state index contributed by atoms with van der Waals surface area (Å²) in [5, 5.41) is 5.33. The molecule has 1 heterocycles. The Balaban J connectivity index is 2.24. The van der Waals surface area contributed by atoms with Gasteiger partial charge in [0.1, 0.15) is 17.3 Å². The Morgan fingerprint density at radius 3 is 2.58 bits per heavy atom. The molecule has 168 valence electrons. The van der Waals surface area contributed by atoms with Crippen molar-refractivity contribution in [1.82, 2.24) is 9.55 Å². The van der Waals surface area contributed by atoms with Gasteiger partial charge < -0.3 is 26.0 Å². The van der Waals surface area contributed by atoms with Crippen molar-refractivity contribution in [2.75, 3.05) is 42.0 Å². The summed E-state index contributed by atoms with van der Waals surface area (Å²) >= 11 is 0. The molecule has 1 aromatic carbocycles. The second-order valence-electron chi connectivity index (χ2n) is 7.00. The fraction of sp³-hybridized carbons (Fsp3) is 0.400. The number of carbonyl (C=O) groups excluding carboxylic acids is 2. The standard InChI is InChI=1S/C20H28N6O5/c1-5-6-9-26-18(21)17(19(29)24-20(26)30)25(3)11-16(28)23-14-10-13(22-12(2)27)7-8-15(14)31-4/h7-8,10H,5-6,9,11,21H2,1-4H3,(H,22,27)(H,23,28)(H,24,29,30). The summed E-state index contributed by atoms with van der Waals surface area (Å²) < 4.78 is 6.53. The van der Waals surface area contributed by atoms with Gasteiger partial charge in [-0.2, -0.15) is 0 Å². The lowest BCUT2D eigenvalue weighted by Crippen LogP contribution is -2.39. The summed E-state index contributed by atoms with van der Waals surface area (Å²) in [6.45, 7) is 3.49. The van der Waals surface area contributed by atoms with Crippen molar-refractivity contribution >= 4 is 34.7 Å². The molecule has 1 aromatic heterocycles. The highest BCUT2D eigenvalue weighted by molar-refractivity contribution is 5.97. The fourth-order valence-corrected chi connectivity index (χ4v) is 3.06. The Morgan fingerprint density at radius 1 is 1.26 bits per heavy atom. The van der Waals surface area contributed by atoms with Gasteiger partial charge in [0.25, 0.3) is 5.56 Å². The van der Waals surface area contributed by atoms with E-state index < -0.39 is 17.2 Å². The van der Waals surface area contributed by atoms with Crippen molar-refractivity contribution in [3.8, 4) is 5.75 Å². The number of nitrogens with two attached hydrogens (primary N) is 1. The highest BCUT2D eigenvalue weighted by Gasteiger charge is 2.19. The SMILES string of the molecule is CCCCn1c(N)c(N(C)CC(=O)Nc2cc(NC(C)=O)ccc2OC)c(=O)[nH]c1=O. The normalized spacial score (nSPS) is 10.5. The van der Waals surface area contributed by atoms with E-state index in [1.165, 1.54) is 30.5 Å². The predicted molar refractivity (Wildman–Crippen MR) is 120 cm³/mol. The molecule has 0 saturated carbocycles. The number of likely N-dealkylation sites (N-methyl/N-ethyl adjacent to an activating group) is 1. The Hall–Kier alpha value is -3.76. The number of methoxy groups -OCH3 is 1. The summed E-state index contributed by atoms with van der Waals surface area (Å²) in [7, 11) is 2.98. The van der Waals surface area contributed by atoms with Gasteiger partial charge >= 0.3 is 5.69 Å². The van der Waals surface area contributed by atoms with Gasteiger partial charge in [0.05, 0.1) is 19.3 Å². The number of ether oxygens (including phenoxy) is 1. The van der Waals surface area contributed by atoms with Gasteiger partial charge in [-0.1, -0.05) is 13.3 Å². The molecule has 0 aliphatic carbocycles. The van der Waals surface area contributed by atoms with Crippen LogP contribution in [0, 0.1) is 0 Å². The molecular weight excluding hydrogens is 404 g/mol. The third-order valence-corrected chi connectivity index (χ3v) is 4.51. The maximum absolute atomic E-state index is 12.6. The van der Waals surface area contributed by atoms with E-state index in [0.717, 1.165) is 6.42 Å². The number of hydrogen-bond acceptors (Lipinski definition) is 7. The second-order valence-corrected chi connectivity index (χ2v) is 7.00. The number of rotatable bonds is 9. The maximum atomic E-state index is 12.6. The first-order valence-corrected chi connectivity index (χ1v) is 9.77. The van der Waals surface area contributed by atoms with Gasteiger partial charge in [0, 0.05) is 26.2 Å². The summed E-state index contributed by atoms with van der Waals surface area (Å²) in [6.07, 6.45) is 1.56. The van der Waals surface area contributed by atoms with Crippen LogP contribution in [0.5, 0.6) is 5.75 Å². The van der Waals surface area contributed by atoms with Gasteiger partial charge in [0.2, 0.25) is 11.8 Å². The highest BCUT2D eigenvalue weighted by atomic mass is 16.5. The molecule has 0 fully saturated rings. The van der Waals surface area contributed by atoms with Gasteiger partial charge in [-0.05, 0) is 24.6 Å². The molecule has 2 rings (SSSR count). The van der Waals surface area contributed by atoms with Crippen LogP contribution < -0.4 is 37.3 Å². The van der Waals surface area contributed by atoms with Crippen molar-refractivity contribution in [2.24, 2.45) is 0 Å². The van der Waals surface area contributed by atoms with Crippen molar-refractivity contribution in [2.45, 2.75) is 33.2 Å². The van der Waals surface area contributed by atoms with E-state index in [4.69, 9.17) is 10.5 Å². The maximum Gasteiger partial charge on any atom is 0.330 e. The molecule has 0 saturated heterocycles. The van der Waals surface area contributed by atoms with Crippen LogP contribution in [-0.4, -0.2) is 42.1 Å². The molecular formula is C20H28N6O5. The highest BCUT2D eigenvalue weighted by Crippen LogP contribution is 2.28. The van der Waals surface area contributed by atoms with Gasteiger partial charge in [-0.15, -0.1) is 0 Å². The zero-order valence-corrected chi connectivity index (χ0v) is 18.1. The minimum absolute atomic E-state index is 0.00253. The number of nitrogens with one attached hydrogen (secondary N) is 3. The Bertz CT molecular complexity index is 1070. The van der Waals surface area contributed by atoms with Crippen LogP contribution in [0.4, 0.5) is 22.9 Å². The number of aromatic nitrogens is 2. The van der Waals surface area contributed by atoms with E-state index in [9.17, 15) is 19.2 Å². The molecule has 0 spiro atoms. The van der Waals surface area contributed by atoms with Crippen LogP contribution in [0.3, 0.4) is 0 Å². The average molecular weight is 432 g/mol. The molecule has 0 bridgehead atoms. The van der Waals surface area contributed by atoms with Gasteiger partial charge in [-0.25, -0.2) is 4.79 Å². The topological polar surface area (TPSA) is 152 Å². The summed E-state index contributed by atoms with van der Waals surface area (Å²) in [4.78, 5) is 51.9. The summed E-state index contributed by atoms with van der Waals surface area (Å²) in [6, 6.07) is 4.81. The van der Waals surface area contributed by atoms with Crippen molar-refractivity contribution in [3.05, 3.63) is 39.0 Å². The largest absolute Gasteiger partial charge is 0.495 e. The third kappa shape index (κ3) is 5.87. The predicted octanol–water partition coefficient (Wildman–Crippen LogP) is 0.961. The Morgan fingerprint density at radius 2 is 1.97 bits per heavy atom. The Kier molecular flexibility index (Phi) is 7.83. The van der Waals surface area contributed by atoms with Crippen LogP contribution in [0.15, 0.2) is 27.8 Å². The average Bonchev–Trinajstić information content (AvgIpc) is 2.67. The molecule has 0 aliphatic heterocycles. The molecule has 2 aromatic rings. The monoisotopic (exact) mass is 432 g/mol. The lowest BCUT2D eigenvalue weighted by molar-refractivity contribution is -0.115. The molecule has 31 heavy (non-hydrogen) atoms. The molecule has 0 unspecified atom stereocenters. The van der Waals surface area contributed by atoms with Crippen molar-refractivity contribution in [1.29, 1.82) is 0 Å². The molecule has 0 atom stereocenters. The molecule has 11 nitrogen and oxygen atoms in total. The first kappa shape index (κ1) is 23.5. The first-order valence-electron chi connectivity index (χ1n) is 9.77. The zero-order chi connectivity index (χ0) is 23.1. The number of carbonyl (C=O) groups is 2. The number of nitrogen functional groups attached to an aromatic ring is 1. The number of hydrogen-bond donors (Lipinski definition) is 4. The van der Waals surface area contributed by atoms with E-state index in [1.807, 2.05) is 6.92 Å². The minimum atomic E-state index is -0.671. The fourth-order valence-electron chi connectivity index (χ4n) is 3.06. The molecule has 5 N–H and O–H groups in total. The van der Waals surface area contributed by atoms with Gasteiger partial charge in [0.15, 0.2) is 0 Å². The van der Waals surface area contributed by atoms with Crippen LogP contribution in [-0.2, 0) is 16.1 Å². The summed E-state index contributed by atoms with van der Waals surface area (Å²) in [5.74, 6) is -0.306. The van der Waals surface area contributed by atoms with E-state index >= 15 is 0 Å². The van der Waals surface area contributed by atoms with Crippen LogP contribution in [0.25, 0.3) is 0 Å². The van der Waals surface area contributed by atoms with Crippen LogP contribution in [0.1, 0.15) is 26.7 Å². The minimum Gasteiger partial charge on any atom is -0.495 e. The number of nitrogens with zero attached hydrogens (tertiary/aromatic N) is 2. The third-order valence-electron chi connectivity index (χ3n) is 4.51. The van der Waals surface area contributed by atoms with E-state index in [1.54, 1.807) is 18.2 Å². The van der Waals surface area contributed by atoms with Crippen LogP contribution >= 0.6 is 0 Å². The number of amides is 2. The molecule has 0 aliphatic rings. The zero-order valence-electron chi connectivity index (χ0n) is 18.1. The number of benzene rings is 1. The quantitative estimate of drug-likeness (QED) is 0.460. The lowest BCUT2D eigenvalue weighted by atomic mass is 10.2. The van der Waals surface area contributed by atoms with Crippen molar-refractivity contribution in [3.63, 3.8) is 0 Å².